The van der Waals surface area contributed by atoms with E-state index >= 15 is 0 Å². The predicted octanol–water partition coefficient (Wildman–Crippen LogP) is 6.00. The van der Waals surface area contributed by atoms with Gasteiger partial charge in [-0.05, 0) is 55.6 Å². The fourth-order valence-corrected chi connectivity index (χ4v) is 5.04. The Morgan fingerprint density at radius 3 is 2.26 bits per heavy atom. The Balaban J connectivity index is 3.77. The quantitative estimate of drug-likeness (QED) is 0.445. The molecule has 0 atom stereocenters. The lowest BCUT2D eigenvalue weighted by molar-refractivity contribution is 0.509. The van der Waals surface area contributed by atoms with Crippen molar-refractivity contribution in [2.24, 2.45) is 0 Å². The Bertz CT molecular complexity index is 879. The maximum atomic E-state index is 13.4. The van der Waals surface area contributed by atoms with Gasteiger partial charge in [0.2, 0.25) is 0 Å². The van der Waals surface area contributed by atoms with E-state index in [1.54, 1.807) is 54.9 Å². The van der Waals surface area contributed by atoms with Gasteiger partial charge >= 0.3 is 0 Å². The molecule has 1 aliphatic rings. The molecule has 1 heterocycles. The molecule has 1 rings (SSSR count). The van der Waals surface area contributed by atoms with Gasteiger partial charge in [0, 0.05) is 4.91 Å². The molecule has 5 heteroatoms. The van der Waals surface area contributed by atoms with E-state index in [9.17, 15) is 8.42 Å². The third kappa shape index (κ3) is 5.15. The number of hydrogen-bond acceptors (Lipinski definition) is 3. The number of allylic oxidation sites excluding steroid dienone is 9. The SMILES string of the molecule is C=CSC1=C(C=C)N(S(=O)(=O)C(/C=C\C)=C/C=C\C)CC(/C=C\C)=C1C=C. The molecule has 0 spiro atoms. The van der Waals surface area contributed by atoms with Crippen molar-refractivity contribution in [3.05, 3.63) is 106 Å². The summed E-state index contributed by atoms with van der Waals surface area (Å²) in [7, 11) is -3.78. The molecule has 1 aliphatic heterocycles. The maximum absolute atomic E-state index is 13.4. The minimum absolute atomic E-state index is 0.210. The van der Waals surface area contributed by atoms with Crippen LogP contribution >= 0.6 is 11.8 Å². The summed E-state index contributed by atoms with van der Waals surface area (Å²) in [6, 6.07) is 0. The second-order valence-electron chi connectivity index (χ2n) is 5.45. The zero-order valence-corrected chi connectivity index (χ0v) is 17.8. The minimum Gasteiger partial charge on any atom is -0.261 e. The van der Waals surface area contributed by atoms with Crippen molar-refractivity contribution in [3.8, 4) is 0 Å². The second kappa shape index (κ2) is 10.8. The van der Waals surface area contributed by atoms with Crippen LogP contribution in [0.3, 0.4) is 0 Å². The van der Waals surface area contributed by atoms with Crippen LogP contribution in [0.1, 0.15) is 20.8 Å². The van der Waals surface area contributed by atoms with Crippen LogP contribution in [-0.4, -0.2) is 19.3 Å². The molecule has 0 N–H and O–H groups in total. The highest BCUT2D eigenvalue weighted by Gasteiger charge is 2.32. The Morgan fingerprint density at radius 2 is 1.78 bits per heavy atom. The standard InChI is InChI=1S/C22H27NO2S2/c1-7-13-16-19(15-9-3)27(24,25)23-17-18(14-8-2)20(10-4)22(26-12-6)21(23)11-5/h7-16H,4-6,17H2,1-3H3/b13-7-,14-8-,15-9-,19-16+. The van der Waals surface area contributed by atoms with E-state index in [-0.39, 0.29) is 11.4 Å². The lowest BCUT2D eigenvalue weighted by Crippen LogP contribution is -2.35. The van der Waals surface area contributed by atoms with E-state index in [0.717, 1.165) is 16.1 Å². The first-order valence-corrected chi connectivity index (χ1v) is 10.9. The zero-order chi connectivity index (χ0) is 20.4. The van der Waals surface area contributed by atoms with Crippen molar-refractivity contribution >= 4 is 21.8 Å². The summed E-state index contributed by atoms with van der Waals surface area (Å²) in [6.07, 6.45) is 15.5. The fourth-order valence-electron chi connectivity index (χ4n) is 2.62. The lowest BCUT2D eigenvalue weighted by atomic mass is 10.0. The van der Waals surface area contributed by atoms with E-state index in [1.165, 1.54) is 16.1 Å². The Morgan fingerprint density at radius 1 is 1.07 bits per heavy atom. The van der Waals surface area contributed by atoms with E-state index in [0.29, 0.717) is 5.70 Å². The van der Waals surface area contributed by atoms with Crippen LogP contribution in [0.15, 0.2) is 106 Å². The summed E-state index contributed by atoms with van der Waals surface area (Å²) < 4.78 is 28.2. The number of rotatable bonds is 9. The molecule has 0 bridgehead atoms. The van der Waals surface area contributed by atoms with E-state index in [4.69, 9.17) is 0 Å². The minimum atomic E-state index is -3.78. The summed E-state index contributed by atoms with van der Waals surface area (Å²) in [5, 5.41) is 1.67. The van der Waals surface area contributed by atoms with E-state index in [1.807, 2.05) is 26.0 Å². The molecule has 0 aromatic carbocycles. The molecule has 3 nitrogen and oxygen atoms in total. The van der Waals surface area contributed by atoms with Crippen LogP contribution in [-0.2, 0) is 10.0 Å². The molecule has 144 valence electrons. The van der Waals surface area contributed by atoms with Gasteiger partial charge in [-0.15, -0.1) is 0 Å². The summed E-state index contributed by atoms with van der Waals surface area (Å²) in [6.45, 7) is 17.3. The lowest BCUT2D eigenvalue weighted by Gasteiger charge is -2.33. The molecule has 0 amide bonds. The molecule has 0 aromatic heterocycles. The van der Waals surface area contributed by atoms with Crippen molar-refractivity contribution < 1.29 is 8.42 Å². The Labute approximate surface area is 168 Å². The van der Waals surface area contributed by atoms with Gasteiger partial charge in [0.25, 0.3) is 10.0 Å². The van der Waals surface area contributed by atoms with Crippen molar-refractivity contribution in [1.29, 1.82) is 0 Å². The van der Waals surface area contributed by atoms with Gasteiger partial charge in [0.1, 0.15) is 0 Å². The number of thioether (sulfide) groups is 1. The van der Waals surface area contributed by atoms with Crippen molar-refractivity contribution in [3.63, 3.8) is 0 Å². The second-order valence-corrected chi connectivity index (χ2v) is 8.29. The average molecular weight is 402 g/mol. The molecule has 0 unspecified atom stereocenters. The molecule has 27 heavy (non-hydrogen) atoms. The molecular weight excluding hydrogens is 374 g/mol. The highest BCUT2D eigenvalue weighted by molar-refractivity contribution is 8.06. The molecule has 0 saturated carbocycles. The molecule has 0 aliphatic carbocycles. The first-order chi connectivity index (χ1) is 12.9. The van der Waals surface area contributed by atoms with Gasteiger partial charge in [0.15, 0.2) is 0 Å². The van der Waals surface area contributed by atoms with E-state index in [2.05, 4.69) is 19.7 Å². The van der Waals surface area contributed by atoms with Crippen LogP contribution < -0.4 is 0 Å². The van der Waals surface area contributed by atoms with Gasteiger partial charge in [-0.2, -0.15) is 0 Å². The largest absolute Gasteiger partial charge is 0.264 e. The summed E-state index contributed by atoms with van der Waals surface area (Å²) >= 11 is 1.36. The van der Waals surface area contributed by atoms with E-state index < -0.39 is 10.0 Å². The first-order valence-electron chi connectivity index (χ1n) is 8.54. The summed E-state index contributed by atoms with van der Waals surface area (Å²) in [5.74, 6) is 0. The smallest absolute Gasteiger partial charge is 0.261 e. The molecular formula is C22H27NO2S2. The van der Waals surface area contributed by atoms with Crippen molar-refractivity contribution in [2.75, 3.05) is 6.54 Å². The van der Waals surface area contributed by atoms with Crippen LogP contribution in [0, 0.1) is 0 Å². The van der Waals surface area contributed by atoms with Crippen molar-refractivity contribution in [2.45, 2.75) is 20.8 Å². The average Bonchev–Trinajstić information content (AvgIpc) is 2.65. The van der Waals surface area contributed by atoms with Crippen LogP contribution in [0.2, 0.25) is 0 Å². The molecule has 0 saturated heterocycles. The highest BCUT2D eigenvalue weighted by atomic mass is 32.2. The maximum Gasteiger partial charge on any atom is 0.264 e. The molecule has 0 aromatic rings. The Kier molecular flexibility index (Phi) is 9.12. The third-order valence-corrected chi connectivity index (χ3v) is 6.35. The fraction of sp³-hybridized carbons (Fsp3) is 0.182. The predicted molar refractivity (Wildman–Crippen MR) is 120 cm³/mol. The summed E-state index contributed by atoms with van der Waals surface area (Å²) in [5.41, 5.74) is 2.29. The van der Waals surface area contributed by atoms with Gasteiger partial charge in [0.05, 0.1) is 17.1 Å². The van der Waals surface area contributed by atoms with Crippen molar-refractivity contribution in [1.82, 2.24) is 4.31 Å². The highest BCUT2D eigenvalue weighted by Crippen LogP contribution is 2.39. The topological polar surface area (TPSA) is 37.4 Å². The molecule has 0 radical (unpaired) electrons. The zero-order valence-electron chi connectivity index (χ0n) is 16.2. The summed E-state index contributed by atoms with van der Waals surface area (Å²) in [4.78, 5) is 0.982. The number of sulfonamides is 1. The Hall–Kier alpha value is -2.24. The van der Waals surface area contributed by atoms with Gasteiger partial charge in [-0.3, -0.25) is 4.31 Å². The molecule has 0 fully saturated rings. The monoisotopic (exact) mass is 401 g/mol. The first kappa shape index (κ1) is 22.8. The number of hydrogen-bond donors (Lipinski definition) is 0. The van der Waals surface area contributed by atoms with Crippen LogP contribution in [0.4, 0.5) is 0 Å². The number of nitrogens with zero attached hydrogens (tertiary/aromatic N) is 1. The normalized spacial score (nSPS) is 16.9. The van der Waals surface area contributed by atoms with Crippen LogP contribution in [0.5, 0.6) is 0 Å². The van der Waals surface area contributed by atoms with Gasteiger partial charge in [-0.1, -0.05) is 68.0 Å². The van der Waals surface area contributed by atoms with Gasteiger partial charge < -0.3 is 0 Å². The van der Waals surface area contributed by atoms with Crippen LogP contribution in [0.25, 0.3) is 0 Å². The van der Waals surface area contributed by atoms with Gasteiger partial charge in [-0.25, -0.2) is 8.42 Å². The third-order valence-electron chi connectivity index (χ3n) is 3.74.